The third-order valence-corrected chi connectivity index (χ3v) is 5.29. The molecule has 5 N–H and O–H groups in total. The maximum atomic E-state index is 12.9. The van der Waals surface area contributed by atoms with Crippen LogP contribution in [-0.4, -0.2) is 13.6 Å². The van der Waals surface area contributed by atoms with E-state index in [4.69, 9.17) is 16.0 Å². The molecule has 0 spiro atoms. The first-order valence-corrected chi connectivity index (χ1v) is 8.97. The first-order chi connectivity index (χ1) is 11.8. The fourth-order valence-electron chi connectivity index (χ4n) is 2.36. The summed E-state index contributed by atoms with van der Waals surface area (Å²) < 4.78 is 33.2. The molecule has 0 unspecified atom stereocenters. The smallest absolute Gasteiger partial charge is 0.264 e. The van der Waals surface area contributed by atoms with Crippen LogP contribution in [0.3, 0.4) is 0 Å². The lowest BCUT2D eigenvalue weighted by atomic mass is 10.0. The molecule has 0 aliphatic heterocycles. The van der Waals surface area contributed by atoms with Gasteiger partial charge in [0.2, 0.25) is 5.88 Å². The number of anilines is 3. The highest BCUT2D eigenvalue weighted by molar-refractivity contribution is 7.92. The van der Waals surface area contributed by atoms with Gasteiger partial charge in [-0.05, 0) is 49.7 Å². The molecule has 0 radical (unpaired) electrons. The summed E-state index contributed by atoms with van der Waals surface area (Å²) in [5.74, 6) is 0.0950. The average Bonchev–Trinajstić information content (AvgIpc) is 2.87. The largest absolute Gasteiger partial charge is 0.399 e. The monoisotopic (exact) mass is 358 g/mol. The zero-order valence-corrected chi connectivity index (χ0v) is 14.6. The van der Waals surface area contributed by atoms with E-state index < -0.39 is 10.0 Å². The Hall–Kier alpha value is -3.00. The summed E-state index contributed by atoms with van der Waals surface area (Å²) in [6, 6.07) is 11.5. The number of sulfonamides is 1. The molecule has 0 atom stereocenters. The lowest BCUT2D eigenvalue weighted by Crippen LogP contribution is -2.14. The summed E-state index contributed by atoms with van der Waals surface area (Å²) in [4.78, 5) is 0.0833. The minimum Gasteiger partial charge on any atom is -0.399 e. The standard InChI is InChI=1S/C17H18N4O3S/c1-10-11(2)20-24-17(10)21-25(22,23)16-8-7-14(19)9-15(16)12-3-5-13(18)6-4-12/h3-9,21H,18-19H2,1-2H3. The Morgan fingerprint density at radius 1 is 1.00 bits per heavy atom. The van der Waals surface area contributed by atoms with Gasteiger partial charge >= 0.3 is 0 Å². The van der Waals surface area contributed by atoms with Crippen molar-refractivity contribution in [1.29, 1.82) is 0 Å². The highest BCUT2D eigenvalue weighted by Crippen LogP contribution is 2.32. The van der Waals surface area contributed by atoms with Gasteiger partial charge in [-0.15, -0.1) is 0 Å². The number of aromatic nitrogens is 1. The molecule has 0 fully saturated rings. The summed E-state index contributed by atoms with van der Waals surface area (Å²) in [6.07, 6.45) is 0. The summed E-state index contributed by atoms with van der Waals surface area (Å²) in [6.45, 7) is 3.47. The van der Waals surface area contributed by atoms with Gasteiger partial charge in [-0.2, -0.15) is 0 Å². The third kappa shape index (κ3) is 3.29. The summed E-state index contributed by atoms with van der Waals surface area (Å²) in [5.41, 5.74) is 15.0. The predicted octanol–water partition coefficient (Wildman–Crippen LogP) is 2.92. The Balaban J connectivity index is 2.10. The van der Waals surface area contributed by atoms with E-state index in [1.807, 2.05) is 0 Å². The van der Waals surface area contributed by atoms with Crippen molar-refractivity contribution in [2.24, 2.45) is 0 Å². The van der Waals surface area contributed by atoms with Crippen molar-refractivity contribution in [2.75, 3.05) is 16.2 Å². The molecule has 1 aromatic heterocycles. The predicted molar refractivity (Wildman–Crippen MR) is 97.5 cm³/mol. The third-order valence-electron chi connectivity index (χ3n) is 3.90. The number of nitrogen functional groups attached to an aromatic ring is 2. The molecule has 0 amide bonds. The molecule has 0 aliphatic rings. The van der Waals surface area contributed by atoms with Gasteiger partial charge in [0.05, 0.1) is 10.6 Å². The van der Waals surface area contributed by atoms with Crippen molar-refractivity contribution in [3.8, 4) is 11.1 Å². The number of aryl methyl sites for hydroxylation is 1. The minimum atomic E-state index is -3.90. The van der Waals surface area contributed by atoms with Crippen LogP contribution in [0.2, 0.25) is 0 Å². The van der Waals surface area contributed by atoms with Gasteiger partial charge in [0.1, 0.15) is 0 Å². The van der Waals surface area contributed by atoms with Gasteiger partial charge < -0.3 is 16.0 Å². The molecule has 8 heteroatoms. The molecular formula is C17H18N4O3S. The van der Waals surface area contributed by atoms with Gasteiger partial charge in [-0.3, -0.25) is 0 Å². The van der Waals surface area contributed by atoms with E-state index in [9.17, 15) is 8.42 Å². The number of hydrogen-bond acceptors (Lipinski definition) is 6. The van der Waals surface area contributed by atoms with Gasteiger partial charge in [0.25, 0.3) is 10.0 Å². The number of nitrogens with zero attached hydrogens (tertiary/aromatic N) is 1. The molecule has 130 valence electrons. The molecule has 3 rings (SSSR count). The molecule has 0 saturated carbocycles. The molecule has 1 heterocycles. The SMILES string of the molecule is Cc1noc(NS(=O)(=O)c2ccc(N)cc2-c2ccc(N)cc2)c1C. The topological polar surface area (TPSA) is 124 Å². The second kappa shape index (κ2) is 6.14. The number of hydrogen-bond donors (Lipinski definition) is 3. The quantitative estimate of drug-likeness (QED) is 0.616. The van der Waals surface area contributed by atoms with E-state index in [0.717, 1.165) is 0 Å². The van der Waals surface area contributed by atoms with Crippen molar-refractivity contribution in [3.05, 3.63) is 53.7 Å². The van der Waals surface area contributed by atoms with Crippen molar-refractivity contribution < 1.29 is 12.9 Å². The van der Waals surface area contributed by atoms with E-state index in [0.29, 0.717) is 33.8 Å². The van der Waals surface area contributed by atoms with E-state index in [1.165, 1.54) is 12.1 Å². The molecular weight excluding hydrogens is 340 g/mol. The Bertz CT molecular complexity index is 1020. The number of benzene rings is 2. The zero-order valence-electron chi connectivity index (χ0n) is 13.8. The van der Waals surface area contributed by atoms with Crippen LogP contribution in [0.4, 0.5) is 17.3 Å². The highest BCUT2D eigenvalue weighted by atomic mass is 32.2. The number of nitrogens with one attached hydrogen (secondary N) is 1. The second-order valence-electron chi connectivity index (χ2n) is 5.71. The van der Waals surface area contributed by atoms with Crippen LogP contribution in [-0.2, 0) is 10.0 Å². The van der Waals surface area contributed by atoms with Crippen molar-refractivity contribution in [3.63, 3.8) is 0 Å². The molecule has 7 nitrogen and oxygen atoms in total. The summed E-state index contributed by atoms with van der Waals surface area (Å²) >= 11 is 0. The van der Waals surface area contributed by atoms with Crippen LogP contribution in [0.15, 0.2) is 51.9 Å². The van der Waals surface area contributed by atoms with Crippen LogP contribution >= 0.6 is 0 Å². The molecule has 3 aromatic rings. The van der Waals surface area contributed by atoms with E-state index in [-0.39, 0.29) is 10.8 Å². The van der Waals surface area contributed by atoms with Gasteiger partial charge in [-0.1, -0.05) is 17.3 Å². The molecule has 0 aliphatic carbocycles. The first kappa shape index (κ1) is 16.8. The zero-order chi connectivity index (χ0) is 18.2. The van der Waals surface area contributed by atoms with Crippen molar-refractivity contribution in [1.82, 2.24) is 5.16 Å². The van der Waals surface area contributed by atoms with Crippen LogP contribution in [0, 0.1) is 13.8 Å². The van der Waals surface area contributed by atoms with Gasteiger partial charge in [0, 0.05) is 22.5 Å². The Labute approximate surface area is 145 Å². The Morgan fingerprint density at radius 2 is 1.64 bits per heavy atom. The fourth-order valence-corrected chi connectivity index (χ4v) is 3.62. The van der Waals surface area contributed by atoms with Gasteiger partial charge in [-0.25, -0.2) is 13.1 Å². The van der Waals surface area contributed by atoms with E-state index in [1.54, 1.807) is 44.2 Å². The second-order valence-corrected chi connectivity index (χ2v) is 7.36. The normalized spacial score (nSPS) is 11.4. The van der Waals surface area contributed by atoms with Crippen molar-refractivity contribution >= 4 is 27.3 Å². The highest BCUT2D eigenvalue weighted by Gasteiger charge is 2.23. The maximum absolute atomic E-state index is 12.9. The minimum absolute atomic E-state index is 0.0833. The molecule has 0 bridgehead atoms. The van der Waals surface area contributed by atoms with Gasteiger partial charge in [0.15, 0.2) is 0 Å². The summed E-state index contributed by atoms with van der Waals surface area (Å²) in [5, 5.41) is 3.76. The van der Waals surface area contributed by atoms with Crippen molar-refractivity contribution in [2.45, 2.75) is 18.7 Å². The van der Waals surface area contributed by atoms with Crippen LogP contribution < -0.4 is 16.2 Å². The lowest BCUT2D eigenvalue weighted by Gasteiger charge is -2.12. The first-order valence-electron chi connectivity index (χ1n) is 7.49. The maximum Gasteiger partial charge on any atom is 0.264 e. The molecule has 25 heavy (non-hydrogen) atoms. The fraction of sp³-hybridized carbons (Fsp3) is 0.118. The number of nitrogens with two attached hydrogens (primary N) is 2. The summed E-state index contributed by atoms with van der Waals surface area (Å²) in [7, 11) is -3.90. The molecule has 2 aromatic carbocycles. The Morgan fingerprint density at radius 3 is 2.24 bits per heavy atom. The van der Waals surface area contributed by atoms with E-state index in [2.05, 4.69) is 9.88 Å². The number of rotatable bonds is 4. The van der Waals surface area contributed by atoms with Crippen LogP contribution in [0.25, 0.3) is 11.1 Å². The van der Waals surface area contributed by atoms with Crippen LogP contribution in [0.5, 0.6) is 0 Å². The average molecular weight is 358 g/mol. The lowest BCUT2D eigenvalue weighted by molar-refractivity contribution is 0.430. The Kier molecular flexibility index (Phi) is 4.13. The van der Waals surface area contributed by atoms with E-state index >= 15 is 0 Å². The molecule has 0 saturated heterocycles. The van der Waals surface area contributed by atoms with Crippen LogP contribution in [0.1, 0.15) is 11.3 Å².